The average molecular weight is 580 g/mol. The standard InChI is InChI=1S/C34H29NO8/c1-22-7-9-24(10-8-22)34(39)43-28-15-11-23(12-16-28)29(36)21-41-33(38)25-19-32(37)35(20-25)26-13-17-27(18-14-26)42-31-6-4-3-5-30(31)40-2/h3-18,25H,19-21H2,1-2H3/t25-/m0/s1. The van der Waals surface area contributed by atoms with Gasteiger partial charge in [-0.15, -0.1) is 0 Å². The van der Waals surface area contributed by atoms with Gasteiger partial charge in [-0.1, -0.05) is 29.8 Å². The number of carbonyl (C=O) groups excluding carboxylic acids is 4. The quantitative estimate of drug-likeness (QED) is 0.132. The maximum Gasteiger partial charge on any atom is 0.343 e. The number of ketones is 1. The van der Waals surface area contributed by atoms with Crippen LogP contribution in [0.15, 0.2) is 97.1 Å². The SMILES string of the molecule is COc1ccccc1Oc1ccc(N2C[C@@H](C(=O)OCC(=O)c3ccc(OC(=O)c4ccc(C)cc4)cc3)CC2=O)cc1. The molecule has 4 aromatic rings. The van der Waals surface area contributed by atoms with Gasteiger partial charge in [-0.3, -0.25) is 14.4 Å². The Balaban J connectivity index is 1.11. The zero-order chi connectivity index (χ0) is 30.3. The van der Waals surface area contributed by atoms with Crippen LogP contribution < -0.4 is 19.1 Å². The molecule has 1 heterocycles. The van der Waals surface area contributed by atoms with E-state index in [1.54, 1.807) is 55.6 Å². The zero-order valence-electron chi connectivity index (χ0n) is 23.6. The number of hydrogen-bond donors (Lipinski definition) is 0. The number of para-hydroxylation sites is 2. The minimum atomic E-state index is -0.701. The van der Waals surface area contributed by atoms with E-state index >= 15 is 0 Å². The van der Waals surface area contributed by atoms with Gasteiger partial charge < -0.3 is 23.8 Å². The summed E-state index contributed by atoms with van der Waals surface area (Å²) in [4.78, 5) is 51.8. The number of Topliss-reactive ketones (excluding diaryl/α,β-unsaturated/α-hetero) is 1. The fourth-order valence-corrected chi connectivity index (χ4v) is 4.54. The zero-order valence-corrected chi connectivity index (χ0v) is 23.6. The van der Waals surface area contributed by atoms with Crippen molar-refractivity contribution in [2.75, 3.05) is 25.2 Å². The molecule has 0 N–H and O–H groups in total. The molecule has 1 amide bonds. The van der Waals surface area contributed by atoms with Crippen LogP contribution >= 0.6 is 0 Å². The molecule has 9 nitrogen and oxygen atoms in total. The number of aryl methyl sites for hydroxylation is 1. The van der Waals surface area contributed by atoms with Crippen LogP contribution in [0.5, 0.6) is 23.0 Å². The summed E-state index contributed by atoms with van der Waals surface area (Å²) in [5, 5.41) is 0. The van der Waals surface area contributed by atoms with Gasteiger partial charge >= 0.3 is 11.9 Å². The number of ether oxygens (including phenoxy) is 4. The van der Waals surface area contributed by atoms with Crippen LogP contribution in [0.2, 0.25) is 0 Å². The van der Waals surface area contributed by atoms with E-state index in [2.05, 4.69) is 0 Å². The first-order chi connectivity index (χ1) is 20.8. The Morgan fingerprint density at radius 2 is 1.42 bits per heavy atom. The van der Waals surface area contributed by atoms with Gasteiger partial charge in [0.15, 0.2) is 23.9 Å². The molecule has 0 aliphatic carbocycles. The normalized spacial score (nSPS) is 14.2. The molecule has 0 bridgehead atoms. The molecule has 5 rings (SSSR count). The predicted molar refractivity (Wildman–Crippen MR) is 158 cm³/mol. The lowest BCUT2D eigenvalue weighted by Gasteiger charge is -2.17. The second-order valence-corrected chi connectivity index (χ2v) is 9.96. The van der Waals surface area contributed by atoms with Crippen LogP contribution in [-0.4, -0.2) is 43.9 Å². The first kappa shape index (κ1) is 29.1. The monoisotopic (exact) mass is 579 g/mol. The molecule has 1 aliphatic rings. The van der Waals surface area contributed by atoms with Crippen LogP contribution in [0.25, 0.3) is 0 Å². The molecule has 1 fully saturated rings. The summed E-state index contributed by atoms with van der Waals surface area (Å²) in [7, 11) is 1.56. The smallest absolute Gasteiger partial charge is 0.343 e. The van der Waals surface area contributed by atoms with Crippen LogP contribution in [0.4, 0.5) is 5.69 Å². The molecule has 218 valence electrons. The molecule has 0 spiro atoms. The van der Waals surface area contributed by atoms with Crippen molar-refractivity contribution >= 4 is 29.3 Å². The Kier molecular flexibility index (Phi) is 8.81. The van der Waals surface area contributed by atoms with Crippen LogP contribution in [0, 0.1) is 12.8 Å². The molecule has 43 heavy (non-hydrogen) atoms. The fourth-order valence-electron chi connectivity index (χ4n) is 4.54. The number of methoxy groups -OCH3 is 1. The van der Waals surface area contributed by atoms with Crippen LogP contribution in [0.1, 0.15) is 32.7 Å². The summed E-state index contributed by atoms with van der Waals surface area (Å²) in [6, 6.07) is 27.2. The molecule has 0 saturated carbocycles. The number of esters is 2. The first-order valence-electron chi connectivity index (χ1n) is 13.6. The van der Waals surface area contributed by atoms with Gasteiger partial charge in [0.25, 0.3) is 0 Å². The van der Waals surface area contributed by atoms with Gasteiger partial charge in [-0.25, -0.2) is 4.79 Å². The second-order valence-electron chi connectivity index (χ2n) is 9.96. The molecule has 4 aromatic carbocycles. The number of hydrogen-bond acceptors (Lipinski definition) is 8. The van der Waals surface area contributed by atoms with Crippen molar-refractivity contribution in [3.8, 4) is 23.0 Å². The van der Waals surface area contributed by atoms with Gasteiger partial charge in [-0.05, 0) is 79.7 Å². The molecule has 0 aromatic heterocycles. The third-order valence-electron chi connectivity index (χ3n) is 6.92. The van der Waals surface area contributed by atoms with Gasteiger partial charge in [0, 0.05) is 24.2 Å². The number of benzene rings is 4. The van der Waals surface area contributed by atoms with Crippen molar-refractivity contribution < 1.29 is 38.1 Å². The van der Waals surface area contributed by atoms with Crippen molar-refractivity contribution in [1.29, 1.82) is 0 Å². The van der Waals surface area contributed by atoms with Crippen LogP contribution in [0.3, 0.4) is 0 Å². The van der Waals surface area contributed by atoms with Crippen LogP contribution in [-0.2, 0) is 14.3 Å². The third-order valence-corrected chi connectivity index (χ3v) is 6.92. The summed E-state index contributed by atoms with van der Waals surface area (Å²) in [6.07, 6.45) is -0.0203. The predicted octanol–water partition coefficient (Wildman–Crippen LogP) is 5.79. The van der Waals surface area contributed by atoms with Gasteiger partial charge in [0.1, 0.15) is 11.5 Å². The lowest BCUT2D eigenvalue weighted by Crippen LogP contribution is -2.27. The van der Waals surface area contributed by atoms with E-state index in [4.69, 9.17) is 18.9 Å². The van der Waals surface area contributed by atoms with E-state index in [0.29, 0.717) is 34.1 Å². The van der Waals surface area contributed by atoms with Gasteiger partial charge in [0.05, 0.1) is 18.6 Å². The number of amides is 1. The minimum Gasteiger partial charge on any atom is -0.493 e. The van der Waals surface area contributed by atoms with E-state index < -0.39 is 30.2 Å². The molecule has 9 heteroatoms. The van der Waals surface area contributed by atoms with Crippen molar-refractivity contribution in [1.82, 2.24) is 0 Å². The van der Waals surface area contributed by atoms with Gasteiger partial charge in [0.2, 0.25) is 5.91 Å². The summed E-state index contributed by atoms with van der Waals surface area (Å²) >= 11 is 0. The fraction of sp³-hybridized carbons (Fsp3) is 0.176. The van der Waals surface area contributed by atoms with Crippen molar-refractivity contribution in [2.45, 2.75) is 13.3 Å². The topological polar surface area (TPSA) is 108 Å². The maximum atomic E-state index is 12.7. The minimum absolute atomic E-state index is 0.0203. The molecule has 1 aliphatic heterocycles. The lowest BCUT2D eigenvalue weighted by molar-refractivity contribution is -0.147. The molecular formula is C34H29NO8. The Morgan fingerprint density at radius 3 is 2.09 bits per heavy atom. The Morgan fingerprint density at radius 1 is 0.791 bits per heavy atom. The lowest BCUT2D eigenvalue weighted by atomic mass is 10.1. The molecule has 0 unspecified atom stereocenters. The molecule has 0 radical (unpaired) electrons. The number of carbonyl (C=O) groups is 4. The summed E-state index contributed by atoms with van der Waals surface area (Å²) in [5.74, 6) is -0.473. The van der Waals surface area contributed by atoms with E-state index in [9.17, 15) is 19.2 Å². The van der Waals surface area contributed by atoms with Crippen molar-refractivity contribution in [3.05, 3.63) is 114 Å². The third kappa shape index (κ3) is 7.08. The molecular weight excluding hydrogens is 550 g/mol. The van der Waals surface area contributed by atoms with E-state index in [1.165, 1.54) is 29.2 Å². The van der Waals surface area contributed by atoms with E-state index in [1.807, 2.05) is 31.2 Å². The first-order valence-corrected chi connectivity index (χ1v) is 13.6. The van der Waals surface area contributed by atoms with E-state index in [0.717, 1.165) is 5.56 Å². The highest BCUT2D eigenvalue weighted by Crippen LogP contribution is 2.33. The Labute approximate surface area is 248 Å². The number of rotatable bonds is 10. The second kappa shape index (κ2) is 13.0. The van der Waals surface area contributed by atoms with Crippen molar-refractivity contribution in [3.63, 3.8) is 0 Å². The highest BCUT2D eigenvalue weighted by molar-refractivity contribution is 6.01. The van der Waals surface area contributed by atoms with Gasteiger partial charge in [-0.2, -0.15) is 0 Å². The Hall–Kier alpha value is -5.44. The summed E-state index contributed by atoms with van der Waals surface area (Å²) in [6.45, 7) is 1.59. The highest BCUT2D eigenvalue weighted by atomic mass is 16.5. The largest absolute Gasteiger partial charge is 0.493 e. The van der Waals surface area contributed by atoms with E-state index in [-0.39, 0.29) is 24.6 Å². The Bertz CT molecular complexity index is 1630. The average Bonchev–Trinajstić information content (AvgIpc) is 3.42. The highest BCUT2D eigenvalue weighted by Gasteiger charge is 2.36. The maximum absolute atomic E-state index is 12.7. The summed E-state index contributed by atoms with van der Waals surface area (Å²) < 4.78 is 21.8. The summed E-state index contributed by atoms with van der Waals surface area (Å²) in [5.41, 5.74) is 2.35. The number of anilines is 1. The molecule has 1 saturated heterocycles. The molecule has 1 atom stereocenters. The van der Waals surface area contributed by atoms with Crippen molar-refractivity contribution in [2.24, 2.45) is 5.92 Å². The number of nitrogens with zero attached hydrogens (tertiary/aromatic N) is 1.